The van der Waals surface area contributed by atoms with E-state index in [9.17, 15) is 14.0 Å². The molecule has 0 spiro atoms. The van der Waals surface area contributed by atoms with Gasteiger partial charge in [-0.3, -0.25) is 9.59 Å². The first-order chi connectivity index (χ1) is 11.1. The number of nitrogens with zero attached hydrogens (tertiary/aromatic N) is 1. The molecule has 126 valence electrons. The minimum Gasteiger partial charge on any atom is -0.356 e. The van der Waals surface area contributed by atoms with Crippen LogP contribution < -0.4 is 5.32 Å². The van der Waals surface area contributed by atoms with Crippen LogP contribution in [0.1, 0.15) is 44.6 Å². The van der Waals surface area contributed by atoms with Gasteiger partial charge in [-0.05, 0) is 30.9 Å². The SMILES string of the molecule is CC(=O)N(CCC(=O)NCCc1ccccc1F)C1CCCC1. The van der Waals surface area contributed by atoms with Crippen LogP contribution in [0.5, 0.6) is 0 Å². The summed E-state index contributed by atoms with van der Waals surface area (Å²) in [6.07, 6.45) is 5.15. The second-order valence-corrected chi connectivity index (χ2v) is 6.09. The quantitative estimate of drug-likeness (QED) is 0.840. The Morgan fingerprint density at radius 3 is 2.61 bits per heavy atom. The number of hydrogen-bond acceptors (Lipinski definition) is 2. The van der Waals surface area contributed by atoms with Crippen LogP contribution in [0.3, 0.4) is 0 Å². The van der Waals surface area contributed by atoms with Crippen LogP contribution >= 0.6 is 0 Å². The summed E-state index contributed by atoms with van der Waals surface area (Å²) < 4.78 is 13.5. The van der Waals surface area contributed by atoms with Crippen molar-refractivity contribution in [3.63, 3.8) is 0 Å². The van der Waals surface area contributed by atoms with Crippen molar-refractivity contribution >= 4 is 11.8 Å². The lowest BCUT2D eigenvalue weighted by Gasteiger charge is -2.27. The minimum atomic E-state index is -0.245. The predicted octanol–water partition coefficient (Wildman–Crippen LogP) is 2.67. The first-order valence-electron chi connectivity index (χ1n) is 8.35. The topological polar surface area (TPSA) is 49.4 Å². The zero-order valence-electron chi connectivity index (χ0n) is 13.7. The Labute approximate surface area is 137 Å². The van der Waals surface area contributed by atoms with Gasteiger partial charge in [0, 0.05) is 32.5 Å². The van der Waals surface area contributed by atoms with Crippen molar-refractivity contribution in [1.82, 2.24) is 10.2 Å². The molecule has 0 unspecified atom stereocenters. The Morgan fingerprint density at radius 2 is 1.96 bits per heavy atom. The van der Waals surface area contributed by atoms with Gasteiger partial charge in [0.1, 0.15) is 5.82 Å². The second-order valence-electron chi connectivity index (χ2n) is 6.09. The molecule has 0 heterocycles. The fourth-order valence-corrected chi connectivity index (χ4v) is 3.16. The molecule has 0 bridgehead atoms. The molecule has 0 atom stereocenters. The van der Waals surface area contributed by atoms with Gasteiger partial charge in [0.15, 0.2) is 0 Å². The third kappa shape index (κ3) is 5.34. The number of hydrogen-bond donors (Lipinski definition) is 1. The molecular formula is C18H25FN2O2. The highest BCUT2D eigenvalue weighted by Crippen LogP contribution is 2.23. The molecule has 0 aliphatic heterocycles. The van der Waals surface area contributed by atoms with Crippen molar-refractivity contribution in [2.75, 3.05) is 13.1 Å². The zero-order valence-corrected chi connectivity index (χ0v) is 13.7. The van der Waals surface area contributed by atoms with Crippen LogP contribution in [-0.4, -0.2) is 35.8 Å². The van der Waals surface area contributed by atoms with E-state index in [-0.39, 0.29) is 17.6 Å². The third-order valence-electron chi connectivity index (χ3n) is 4.42. The summed E-state index contributed by atoms with van der Waals surface area (Å²) in [5.74, 6) is -0.299. The lowest BCUT2D eigenvalue weighted by atomic mass is 10.1. The normalized spacial score (nSPS) is 14.7. The van der Waals surface area contributed by atoms with Crippen molar-refractivity contribution in [1.29, 1.82) is 0 Å². The van der Waals surface area contributed by atoms with Crippen LogP contribution in [-0.2, 0) is 16.0 Å². The van der Waals surface area contributed by atoms with Crippen molar-refractivity contribution in [2.45, 2.75) is 51.5 Å². The maximum absolute atomic E-state index is 13.5. The molecule has 23 heavy (non-hydrogen) atoms. The maximum Gasteiger partial charge on any atom is 0.221 e. The van der Waals surface area contributed by atoms with Crippen molar-refractivity contribution in [3.05, 3.63) is 35.6 Å². The number of carbonyl (C=O) groups is 2. The highest BCUT2D eigenvalue weighted by atomic mass is 19.1. The molecule has 0 saturated heterocycles. The molecule has 2 amide bonds. The van der Waals surface area contributed by atoms with E-state index in [0.29, 0.717) is 37.5 Å². The van der Waals surface area contributed by atoms with Crippen molar-refractivity contribution < 1.29 is 14.0 Å². The number of amides is 2. The van der Waals surface area contributed by atoms with Crippen molar-refractivity contribution in [3.8, 4) is 0 Å². The highest BCUT2D eigenvalue weighted by molar-refractivity contribution is 5.78. The lowest BCUT2D eigenvalue weighted by molar-refractivity contribution is -0.131. The van der Waals surface area contributed by atoms with Gasteiger partial charge in [-0.1, -0.05) is 31.0 Å². The molecule has 5 heteroatoms. The molecule has 0 radical (unpaired) electrons. The average Bonchev–Trinajstić information content (AvgIpc) is 3.03. The van der Waals surface area contributed by atoms with Gasteiger partial charge in [-0.15, -0.1) is 0 Å². The van der Waals surface area contributed by atoms with Gasteiger partial charge < -0.3 is 10.2 Å². The Bertz CT molecular complexity index is 542. The number of carbonyl (C=O) groups excluding carboxylic acids is 2. The monoisotopic (exact) mass is 320 g/mol. The summed E-state index contributed by atoms with van der Waals surface area (Å²) in [4.78, 5) is 25.5. The molecule has 1 N–H and O–H groups in total. The van der Waals surface area contributed by atoms with Gasteiger partial charge in [0.05, 0.1) is 0 Å². The lowest BCUT2D eigenvalue weighted by Crippen LogP contribution is -2.40. The zero-order chi connectivity index (χ0) is 16.7. The van der Waals surface area contributed by atoms with Crippen LogP contribution in [0.4, 0.5) is 4.39 Å². The van der Waals surface area contributed by atoms with E-state index in [0.717, 1.165) is 25.7 Å². The van der Waals surface area contributed by atoms with Crippen molar-refractivity contribution in [2.24, 2.45) is 0 Å². The summed E-state index contributed by atoms with van der Waals surface area (Å²) in [6.45, 7) is 2.43. The number of benzene rings is 1. The van der Waals surface area contributed by atoms with E-state index in [1.807, 2.05) is 4.90 Å². The van der Waals surface area contributed by atoms with E-state index in [4.69, 9.17) is 0 Å². The average molecular weight is 320 g/mol. The predicted molar refractivity (Wildman–Crippen MR) is 87.4 cm³/mol. The van der Waals surface area contributed by atoms with Gasteiger partial charge in [0.2, 0.25) is 11.8 Å². The molecule has 4 nitrogen and oxygen atoms in total. The van der Waals surface area contributed by atoms with Gasteiger partial charge in [-0.2, -0.15) is 0 Å². The first kappa shape index (κ1) is 17.4. The second kappa shape index (κ2) is 8.65. The standard InChI is InChI=1S/C18H25FN2O2/c1-14(22)21(16-7-3-4-8-16)13-11-18(23)20-12-10-15-6-2-5-9-17(15)19/h2,5-6,9,16H,3-4,7-8,10-13H2,1H3,(H,20,23). The van der Waals surface area contributed by atoms with Crippen LogP contribution in [0.2, 0.25) is 0 Å². The van der Waals surface area contributed by atoms with E-state index in [1.165, 1.54) is 6.07 Å². The molecule has 1 aromatic rings. The fourth-order valence-electron chi connectivity index (χ4n) is 3.16. The largest absolute Gasteiger partial charge is 0.356 e. The summed E-state index contributed by atoms with van der Waals surface area (Å²) in [5, 5.41) is 2.80. The number of rotatable bonds is 7. The molecule has 1 saturated carbocycles. The molecule has 1 aliphatic rings. The highest BCUT2D eigenvalue weighted by Gasteiger charge is 2.24. The summed E-state index contributed by atoms with van der Waals surface area (Å²) in [7, 11) is 0. The van der Waals surface area contributed by atoms with E-state index in [2.05, 4.69) is 5.32 Å². The van der Waals surface area contributed by atoms with Crippen LogP contribution in [0.25, 0.3) is 0 Å². The van der Waals surface area contributed by atoms with Crippen LogP contribution in [0, 0.1) is 5.82 Å². The molecule has 0 aromatic heterocycles. The Morgan fingerprint density at radius 1 is 1.26 bits per heavy atom. The van der Waals surface area contributed by atoms with E-state index >= 15 is 0 Å². The van der Waals surface area contributed by atoms with Gasteiger partial charge in [0.25, 0.3) is 0 Å². The summed E-state index contributed by atoms with van der Waals surface area (Å²) in [5.41, 5.74) is 0.601. The minimum absolute atomic E-state index is 0.0380. The van der Waals surface area contributed by atoms with E-state index < -0.39 is 0 Å². The molecule has 1 aromatic carbocycles. The Kier molecular flexibility index (Phi) is 6.56. The maximum atomic E-state index is 13.5. The molecule has 1 fully saturated rings. The smallest absolute Gasteiger partial charge is 0.221 e. The number of nitrogens with one attached hydrogen (secondary N) is 1. The summed E-state index contributed by atoms with van der Waals surface area (Å²) in [6, 6.07) is 6.87. The summed E-state index contributed by atoms with van der Waals surface area (Å²) >= 11 is 0. The molecular weight excluding hydrogens is 295 g/mol. The third-order valence-corrected chi connectivity index (χ3v) is 4.42. The van der Waals surface area contributed by atoms with Crippen LogP contribution in [0.15, 0.2) is 24.3 Å². The Hall–Kier alpha value is -1.91. The number of halogens is 1. The first-order valence-corrected chi connectivity index (χ1v) is 8.35. The van der Waals surface area contributed by atoms with Gasteiger partial charge >= 0.3 is 0 Å². The van der Waals surface area contributed by atoms with Gasteiger partial charge in [-0.25, -0.2) is 4.39 Å². The Balaban J connectivity index is 1.71. The van der Waals surface area contributed by atoms with E-state index in [1.54, 1.807) is 25.1 Å². The molecule has 2 rings (SSSR count). The molecule has 1 aliphatic carbocycles. The fraction of sp³-hybridized carbons (Fsp3) is 0.556.